The predicted octanol–water partition coefficient (Wildman–Crippen LogP) is 5.14. The molecule has 0 atom stereocenters. The van der Waals surface area contributed by atoms with Gasteiger partial charge in [0.25, 0.3) is 0 Å². The van der Waals surface area contributed by atoms with Gasteiger partial charge in [-0.2, -0.15) is 17.5 Å². The van der Waals surface area contributed by atoms with Gasteiger partial charge in [0.15, 0.2) is 0 Å². The van der Waals surface area contributed by atoms with Gasteiger partial charge >= 0.3 is 6.18 Å². The summed E-state index contributed by atoms with van der Waals surface area (Å²) in [4.78, 5) is 2.40. The van der Waals surface area contributed by atoms with Gasteiger partial charge in [0.1, 0.15) is 0 Å². The molecule has 1 heterocycles. The summed E-state index contributed by atoms with van der Waals surface area (Å²) >= 11 is 3.30. The molecule has 3 rings (SSSR count). The Morgan fingerprint density at radius 1 is 0.933 bits per heavy atom. The molecule has 1 aliphatic heterocycles. The zero-order valence-corrected chi connectivity index (χ0v) is 18.8. The van der Waals surface area contributed by atoms with E-state index in [0.29, 0.717) is 12.1 Å². The van der Waals surface area contributed by atoms with Gasteiger partial charge in [-0.05, 0) is 67.9 Å². The molecule has 0 spiro atoms. The topological polar surface area (TPSA) is 40.6 Å². The summed E-state index contributed by atoms with van der Waals surface area (Å²) in [7, 11) is -3.79. The second-order valence-corrected chi connectivity index (χ2v) is 10.2. The Bertz CT molecular complexity index is 926. The number of sulfonamides is 1. The molecule has 30 heavy (non-hydrogen) atoms. The van der Waals surface area contributed by atoms with Gasteiger partial charge in [0.2, 0.25) is 10.0 Å². The first-order chi connectivity index (χ1) is 14.2. The number of likely N-dealkylation sites (tertiary alicyclic amines) is 1. The van der Waals surface area contributed by atoms with Crippen molar-refractivity contribution in [3.8, 4) is 0 Å². The molecular weight excluding hydrogens is 481 g/mol. The molecule has 1 saturated heterocycles. The lowest BCUT2D eigenvalue weighted by atomic mass is 10.1. The number of hydrogen-bond donors (Lipinski definition) is 0. The Balaban J connectivity index is 1.81. The summed E-state index contributed by atoms with van der Waals surface area (Å²) in [6.07, 6.45) is -1.05. The van der Waals surface area contributed by atoms with Crippen LogP contribution >= 0.6 is 15.9 Å². The van der Waals surface area contributed by atoms with Crippen molar-refractivity contribution in [3.63, 3.8) is 0 Å². The minimum absolute atomic E-state index is 0.0182. The lowest BCUT2D eigenvalue weighted by molar-refractivity contribution is -0.137. The van der Waals surface area contributed by atoms with Gasteiger partial charge in [-0.15, -0.1) is 0 Å². The molecule has 0 amide bonds. The van der Waals surface area contributed by atoms with Crippen molar-refractivity contribution in [2.75, 3.05) is 26.2 Å². The molecule has 0 N–H and O–H groups in total. The lowest BCUT2D eigenvalue weighted by Crippen LogP contribution is -2.40. The van der Waals surface area contributed by atoms with Gasteiger partial charge < -0.3 is 4.90 Å². The maximum atomic E-state index is 13.3. The number of rotatable bonds is 7. The van der Waals surface area contributed by atoms with Gasteiger partial charge in [0, 0.05) is 24.1 Å². The largest absolute Gasteiger partial charge is 0.416 e. The van der Waals surface area contributed by atoms with Gasteiger partial charge in [-0.1, -0.05) is 34.5 Å². The van der Waals surface area contributed by atoms with Crippen LogP contribution in [0.25, 0.3) is 0 Å². The third-order valence-electron chi connectivity index (χ3n) is 5.21. The predicted molar refractivity (Wildman–Crippen MR) is 113 cm³/mol. The Morgan fingerprint density at radius 3 is 2.10 bits per heavy atom. The molecule has 0 saturated carbocycles. The van der Waals surface area contributed by atoms with Crippen LogP contribution in [0.1, 0.15) is 30.4 Å². The van der Waals surface area contributed by atoms with Crippen molar-refractivity contribution in [2.45, 2.75) is 36.9 Å². The van der Waals surface area contributed by atoms with Crippen molar-refractivity contribution in [2.24, 2.45) is 0 Å². The molecule has 2 aromatic carbocycles. The molecule has 9 heteroatoms. The summed E-state index contributed by atoms with van der Waals surface area (Å²) in [5, 5.41) is 0. The van der Waals surface area contributed by atoms with E-state index in [1.807, 2.05) is 0 Å². The van der Waals surface area contributed by atoms with E-state index in [1.165, 1.54) is 35.0 Å². The van der Waals surface area contributed by atoms with Crippen molar-refractivity contribution >= 4 is 26.0 Å². The first-order valence-corrected chi connectivity index (χ1v) is 12.0. The zero-order chi connectivity index (χ0) is 21.8. The summed E-state index contributed by atoms with van der Waals surface area (Å²) < 4.78 is 67.1. The van der Waals surface area contributed by atoms with Crippen LogP contribution in [0.5, 0.6) is 0 Å². The monoisotopic (exact) mass is 504 g/mol. The van der Waals surface area contributed by atoms with E-state index >= 15 is 0 Å². The van der Waals surface area contributed by atoms with E-state index in [1.54, 1.807) is 12.1 Å². The smallest absolute Gasteiger partial charge is 0.302 e. The molecule has 164 valence electrons. The Hall–Kier alpha value is -1.42. The third kappa shape index (κ3) is 6.06. The van der Waals surface area contributed by atoms with E-state index in [2.05, 4.69) is 20.8 Å². The zero-order valence-electron chi connectivity index (χ0n) is 16.4. The molecule has 4 nitrogen and oxygen atoms in total. The molecule has 0 aromatic heterocycles. The number of halogens is 4. The van der Waals surface area contributed by atoms with E-state index in [0.717, 1.165) is 42.5 Å². The Labute approximate surface area is 183 Å². The molecule has 0 aliphatic carbocycles. The first-order valence-electron chi connectivity index (χ1n) is 9.80. The van der Waals surface area contributed by atoms with Crippen molar-refractivity contribution in [1.82, 2.24) is 9.21 Å². The summed E-state index contributed by atoms with van der Waals surface area (Å²) in [5.74, 6) is 0. The lowest BCUT2D eigenvalue weighted by Gasteiger charge is -2.30. The molecule has 0 radical (unpaired) electrons. The fraction of sp³-hybridized carbons (Fsp3) is 0.429. The normalized spacial score (nSPS) is 16.2. The van der Waals surface area contributed by atoms with Crippen LogP contribution in [-0.4, -0.2) is 43.8 Å². The molecule has 0 unspecified atom stereocenters. The summed E-state index contributed by atoms with van der Waals surface area (Å²) in [5.41, 5.74) is -0.232. The standard InChI is InChI=1S/C21H24BrF3N2O2S/c22-19-8-10-20(11-9-19)30(28,29)27(15-14-26-12-2-1-3-13-26)16-17-4-6-18(7-5-17)21(23,24)25/h4-11H,1-3,12-16H2. The van der Waals surface area contributed by atoms with Crippen molar-refractivity contribution in [1.29, 1.82) is 0 Å². The van der Waals surface area contributed by atoms with E-state index in [9.17, 15) is 21.6 Å². The average molecular weight is 505 g/mol. The second kappa shape index (κ2) is 9.80. The highest BCUT2D eigenvalue weighted by Gasteiger charge is 2.30. The highest BCUT2D eigenvalue weighted by Crippen LogP contribution is 2.29. The molecule has 2 aromatic rings. The molecule has 0 bridgehead atoms. The maximum absolute atomic E-state index is 13.3. The van der Waals surface area contributed by atoms with Crippen LogP contribution in [-0.2, 0) is 22.7 Å². The number of nitrogens with zero attached hydrogens (tertiary/aromatic N) is 2. The quantitative estimate of drug-likeness (QED) is 0.523. The first kappa shape index (κ1) is 23.2. The number of hydrogen-bond acceptors (Lipinski definition) is 3. The van der Waals surface area contributed by atoms with Crippen molar-refractivity contribution in [3.05, 3.63) is 64.1 Å². The number of piperidine rings is 1. The number of benzene rings is 2. The maximum Gasteiger partial charge on any atom is 0.416 e. The fourth-order valence-corrected chi connectivity index (χ4v) is 5.16. The van der Waals surface area contributed by atoms with Gasteiger partial charge in [-0.25, -0.2) is 8.42 Å². The summed E-state index contributed by atoms with van der Waals surface area (Å²) in [6, 6.07) is 11.0. The van der Waals surface area contributed by atoms with Crippen LogP contribution in [0, 0.1) is 0 Å². The van der Waals surface area contributed by atoms with Crippen molar-refractivity contribution < 1.29 is 21.6 Å². The second-order valence-electron chi connectivity index (χ2n) is 7.39. The highest BCUT2D eigenvalue weighted by atomic mass is 79.9. The average Bonchev–Trinajstić information content (AvgIpc) is 2.72. The van der Waals surface area contributed by atoms with E-state index < -0.39 is 21.8 Å². The van der Waals surface area contributed by atoms with Crippen LogP contribution in [0.15, 0.2) is 57.9 Å². The van der Waals surface area contributed by atoms with Crippen LogP contribution in [0.2, 0.25) is 0 Å². The minimum atomic E-state index is -4.42. The Kier molecular flexibility index (Phi) is 7.60. The SMILES string of the molecule is O=S(=O)(c1ccc(Br)cc1)N(CCN1CCCCC1)Cc1ccc(C(F)(F)F)cc1. The van der Waals surface area contributed by atoms with Crippen LogP contribution < -0.4 is 0 Å². The van der Waals surface area contributed by atoms with Gasteiger partial charge in [0.05, 0.1) is 10.5 Å². The number of alkyl halides is 3. The third-order valence-corrected chi connectivity index (χ3v) is 7.59. The van der Waals surface area contributed by atoms with E-state index in [4.69, 9.17) is 0 Å². The summed E-state index contributed by atoms with van der Waals surface area (Å²) in [6.45, 7) is 2.76. The van der Waals surface area contributed by atoms with Crippen LogP contribution in [0.4, 0.5) is 13.2 Å². The fourth-order valence-electron chi connectivity index (χ4n) is 3.48. The molecule has 1 aliphatic rings. The Morgan fingerprint density at radius 2 is 1.53 bits per heavy atom. The minimum Gasteiger partial charge on any atom is -0.302 e. The van der Waals surface area contributed by atoms with Gasteiger partial charge in [-0.3, -0.25) is 0 Å². The van der Waals surface area contributed by atoms with Crippen LogP contribution in [0.3, 0.4) is 0 Å². The molecule has 1 fully saturated rings. The van der Waals surface area contributed by atoms with E-state index in [-0.39, 0.29) is 18.0 Å². The molecular formula is C21H24BrF3N2O2S. The highest BCUT2D eigenvalue weighted by molar-refractivity contribution is 9.10.